The van der Waals surface area contributed by atoms with Crippen LogP contribution in [0, 0.1) is 5.82 Å². The van der Waals surface area contributed by atoms with E-state index in [2.05, 4.69) is 36.4 Å². The number of nitrogens with zero attached hydrogens (tertiary/aromatic N) is 4. The first kappa shape index (κ1) is 18.3. The van der Waals surface area contributed by atoms with E-state index >= 15 is 0 Å². The summed E-state index contributed by atoms with van der Waals surface area (Å²) in [6, 6.07) is 7.82. The Kier molecular flexibility index (Phi) is 5.16. The lowest BCUT2D eigenvalue weighted by atomic mass is 10.2. The number of rotatable bonds is 0. The van der Waals surface area contributed by atoms with Crippen LogP contribution in [0.25, 0.3) is 11.5 Å². The number of aromatic nitrogens is 4. The molecule has 2 bridgehead atoms. The van der Waals surface area contributed by atoms with Gasteiger partial charge in [0.05, 0.1) is 10.0 Å². The molecule has 0 aliphatic carbocycles. The number of allylic oxidation sites excluding steroid dienone is 1. The minimum Gasteiger partial charge on any atom is -0.489 e. The Morgan fingerprint density at radius 1 is 1.25 bits per heavy atom. The molecule has 1 amide bonds. The summed E-state index contributed by atoms with van der Waals surface area (Å²) in [7, 11) is 0. The third-order valence-electron chi connectivity index (χ3n) is 4.14. The summed E-state index contributed by atoms with van der Waals surface area (Å²) in [5, 5.41) is 10.8. The van der Waals surface area contributed by atoms with E-state index in [1.807, 2.05) is 16.7 Å². The Bertz CT molecular complexity index is 1070. The van der Waals surface area contributed by atoms with Crippen LogP contribution < -0.4 is 10.1 Å². The van der Waals surface area contributed by atoms with Gasteiger partial charge in [-0.15, -0.1) is 10.2 Å². The molecule has 28 heavy (non-hydrogen) atoms. The zero-order valence-corrected chi connectivity index (χ0v) is 16.2. The number of hydrogen-bond acceptors (Lipinski definition) is 5. The fourth-order valence-electron chi connectivity index (χ4n) is 2.79. The molecule has 0 unspecified atom stereocenters. The summed E-state index contributed by atoms with van der Waals surface area (Å²) in [6.45, 7) is 0.873. The number of aryl methyl sites for hydroxylation is 1. The molecule has 2 aromatic heterocycles. The molecular weight excluding hydrogens is 429 g/mol. The largest absolute Gasteiger partial charge is 0.489 e. The Morgan fingerprint density at radius 2 is 2.14 bits per heavy atom. The number of anilines is 1. The number of nitrogens with one attached hydrogen (secondary N) is 1. The summed E-state index contributed by atoms with van der Waals surface area (Å²) in [4.78, 5) is 17.2. The van der Waals surface area contributed by atoms with Crippen LogP contribution in [-0.2, 0) is 6.54 Å². The smallest absolute Gasteiger partial charge is 0.260 e. The first-order valence-corrected chi connectivity index (χ1v) is 9.34. The summed E-state index contributed by atoms with van der Waals surface area (Å²) in [5.41, 5.74) is 0.790. The molecule has 1 aliphatic rings. The second-order valence-corrected chi connectivity index (χ2v) is 6.90. The van der Waals surface area contributed by atoms with Crippen molar-refractivity contribution < 1.29 is 13.9 Å². The van der Waals surface area contributed by atoms with Gasteiger partial charge >= 0.3 is 0 Å². The predicted molar refractivity (Wildman–Crippen MR) is 105 cm³/mol. The lowest BCUT2D eigenvalue weighted by Gasteiger charge is -2.12. The highest BCUT2D eigenvalue weighted by Gasteiger charge is 2.18. The van der Waals surface area contributed by atoms with Gasteiger partial charge in [-0.3, -0.25) is 4.79 Å². The molecule has 0 fully saturated rings. The monoisotopic (exact) mass is 443 g/mol. The van der Waals surface area contributed by atoms with Crippen molar-refractivity contribution >= 4 is 27.7 Å². The highest BCUT2D eigenvalue weighted by Crippen LogP contribution is 2.28. The fraction of sp³-hybridized carbons (Fsp3) is 0.158. The fourth-order valence-corrected chi connectivity index (χ4v) is 3.14. The molecule has 142 valence electrons. The average Bonchev–Trinajstić information content (AvgIpc) is 3.15. The molecule has 0 radical (unpaired) electrons. The van der Waals surface area contributed by atoms with Crippen molar-refractivity contribution in [1.29, 1.82) is 0 Å². The summed E-state index contributed by atoms with van der Waals surface area (Å²) < 4.78 is 21.6. The molecule has 0 saturated heterocycles. The van der Waals surface area contributed by atoms with Crippen LogP contribution >= 0.6 is 15.9 Å². The number of benzene rings is 1. The second kappa shape index (κ2) is 7.89. The molecule has 7 nitrogen and oxygen atoms in total. The van der Waals surface area contributed by atoms with Gasteiger partial charge < -0.3 is 14.6 Å². The van der Waals surface area contributed by atoms with Gasteiger partial charge in [0.1, 0.15) is 36.0 Å². The zero-order chi connectivity index (χ0) is 19.5. The maximum Gasteiger partial charge on any atom is 0.260 e. The van der Waals surface area contributed by atoms with Crippen molar-refractivity contribution in [3.8, 4) is 17.3 Å². The standard InChI is InChI=1S/C19H15BrFN5O2/c20-13-9-12-16(10-14(13)21)28-8-3-1-2-7-26-11-22-25-18(26)15-5-4-6-17(23-15)24-19(12)27/h1,3-6,9-11H,2,7-8H2,(H,23,24,27)/b3-1-. The lowest BCUT2D eigenvalue weighted by Crippen LogP contribution is -2.15. The number of hydrogen-bond donors (Lipinski definition) is 1. The topological polar surface area (TPSA) is 81.9 Å². The van der Waals surface area contributed by atoms with E-state index in [9.17, 15) is 9.18 Å². The third kappa shape index (κ3) is 3.79. The number of halogens is 2. The Morgan fingerprint density at radius 3 is 3.04 bits per heavy atom. The summed E-state index contributed by atoms with van der Waals surface area (Å²) in [5.74, 6) is 0.149. The van der Waals surface area contributed by atoms with Crippen LogP contribution in [-0.4, -0.2) is 32.3 Å². The van der Waals surface area contributed by atoms with Gasteiger partial charge in [-0.1, -0.05) is 18.2 Å². The molecule has 0 spiro atoms. The molecule has 0 saturated carbocycles. The quantitative estimate of drug-likeness (QED) is 0.533. The number of fused-ring (bicyclic) bond motifs is 5. The van der Waals surface area contributed by atoms with E-state index in [-0.39, 0.29) is 22.4 Å². The zero-order valence-electron chi connectivity index (χ0n) is 14.6. The lowest BCUT2D eigenvalue weighted by molar-refractivity contribution is 0.102. The molecule has 3 aromatic rings. The van der Waals surface area contributed by atoms with E-state index in [1.165, 1.54) is 12.1 Å². The molecule has 9 heteroatoms. The van der Waals surface area contributed by atoms with Gasteiger partial charge in [0.15, 0.2) is 5.82 Å². The third-order valence-corrected chi connectivity index (χ3v) is 4.75. The Balaban J connectivity index is 1.76. The van der Waals surface area contributed by atoms with E-state index in [0.717, 1.165) is 6.42 Å². The average molecular weight is 444 g/mol. The number of amides is 1. The normalized spacial score (nSPS) is 15.3. The van der Waals surface area contributed by atoms with Gasteiger partial charge in [0, 0.05) is 12.6 Å². The Labute approximate surface area is 168 Å². The number of carbonyl (C=O) groups excluding carboxylic acids is 1. The van der Waals surface area contributed by atoms with Crippen molar-refractivity contribution in [3.05, 3.63) is 64.7 Å². The molecule has 1 aromatic carbocycles. The summed E-state index contributed by atoms with van der Waals surface area (Å²) in [6.07, 6.45) is 6.14. The highest BCUT2D eigenvalue weighted by molar-refractivity contribution is 9.10. The van der Waals surface area contributed by atoms with Crippen molar-refractivity contribution in [1.82, 2.24) is 19.7 Å². The summed E-state index contributed by atoms with van der Waals surface area (Å²) >= 11 is 3.11. The molecule has 0 atom stereocenters. The molecule has 1 N–H and O–H groups in total. The first-order chi connectivity index (χ1) is 13.6. The van der Waals surface area contributed by atoms with Gasteiger partial charge in [0.25, 0.3) is 5.91 Å². The minimum atomic E-state index is -0.508. The van der Waals surface area contributed by atoms with E-state index in [1.54, 1.807) is 24.5 Å². The van der Waals surface area contributed by atoms with Crippen LogP contribution in [0.5, 0.6) is 5.75 Å². The van der Waals surface area contributed by atoms with E-state index < -0.39 is 11.7 Å². The van der Waals surface area contributed by atoms with Crippen LogP contribution in [0.2, 0.25) is 0 Å². The van der Waals surface area contributed by atoms with Crippen LogP contribution in [0.1, 0.15) is 16.8 Å². The molecule has 4 rings (SSSR count). The molecule has 3 heterocycles. The second-order valence-electron chi connectivity index (χ2n) is 6.04. The number of carbonyl (C=O) groups is 1. The van der Waals surface area contributed by atoms with E-state index in [0.29, 0.717) is 23.9 Å². The maximum absolute atomic E-state index is 14.0. The SMILES string of the molecule is O=C1Nc2cccc(n2)-c2nncn2CC/C=C\COc2cc(F)c(Br)cc21. The molecule has 1 aliphatic heterocycles. The van der Waals surface area contributed by atoms with Crippen molar-refractivity contribution in [2.45, 2.75) is 13.0 Å². The maximum atomic E-state index is 14.0. The van der Waals surface area contributed by atoms with Crippen molar-refractivity contribution in [3.63, 3.8) is 0 Å². The van der Waals surface area contributed by atoms with Crippen LogP contribution in [0.15, 0.2) is 53.3 Å². The Hall–Kier alpha value is -3.07. The number of pyridine rings is 1. The van der Waals surface area contributed by atoms with Gasteiger partial charge in [-0.25, -0.2) is 9.37 Å². The van der Waals surface area contributed by atoms with Crippen LogP contribution in [0.3, 0.4) is 0 Å². The van der Waals surface area contributed by atoms with E-state index in [4.69, 9.17) is 4.74 Å². The first-order valence-electron chi connectivity index (χ1n) is 8.55. The minimum absolute atomic E-state index is 0.158. The van der Waals surface area contributed by atoms with Gasteiger partial charge in [0.2, 0.25) is 0 Å². The number of ether oxygens (including phenoxy) is 1. The molecular formula is C19H15BrFN5O2. The van der Waals surface area contributed by atoms with Crippen molar-refractivity contribution in [2.75, 3.05) is 11.9 Å². The highest BCUT2D eigenvalue weighted by atomic mass is 79.9. The van der Waals surface area contributed by atoms with Gasteiger partial charge in [-0.2, -0.15) is 0 Å². The van der Waals surface area contributed by atoms with Crippen molar-refractivity contribution in [2.24, 2.45) is 0 Å². The van der Waals surface area contributed by atoms with Crippen LogP contribution in [0.4, 0.5) is 10.2 Å². The van der Waals surface area contributed by atoms with Gasteiger partial charge in [-0.05, 0) is 40.5 Å². The predicted octanol–water partition coefficient (Wildman–Crippen LogP) is 3.83.